The average molecular weight is 656 g/mol. The van der Waals surface area contributed by atoms with E-state index in [-0.39, 0.29) is 10.8 Å². The van der Waals surface area contributed by atoms with Crippen LogP contribution < -0.4 is 4.90 Å². The Hall–Kier alpha value is -5.92. The molecule has 2 aliphatic rings. The number of nitrogens with zero attached hydrogens (tertiary/aromatic N) is 1. The Morgan fingerprint density at radius 1 is 0.392 bits per heavy atom. The van der Waals surface area contributed by atoms with Crippen molar-refractivity contribution in [3.05, 3.63) is 197 Å². The van der Waals surface area contributed by atoms with E-state index in [1.165, 1.54) is 66.4 Å². The number of benzene rings is 7. The zero-order valence-electron chi connectivity index (χ0n) is 29.7. The second-order valence-corrected chi connectivity index (χ2v) is 15.1. The van der Waals surface area contributed by atoms with Crippen LogP contribution >= 0.6 is 0 Å². The summed E-state index contributed by atoms with van der Waals surface area (Å²) in [6.07, 6.45) is 4.41. The molecule has 0 saturated carbocycles. The van der Waals surface area contributed by atoms with Gasteiger partial charge in [0.05, 0.1) is 0 Å². The Labute approximate surface area is 301 Å². The van der Waals surface area contributed by atoms with Gasteiger partial charge < -0.3 is 4.90 Å². The van der Waals surface area contributed by atoms with Crippen molar-refractivity contribution in [2.24, 2.45) is 0 Å². The van der Waals surface area contributed by atoms with Crippen molar-refractivity contribution in [1.82, 2.24) is 0 Å². The Kier molecular flexibility index (Phi) is 7.22. The van der Waals surface area contributed by atoms with E-state index in [1.807, 2.05) is 0 Å². The number of hydrogen-bond donors (Lipinski definition) is 0. The van der Waals surface area contributed by atoms with Crippen molar-refractivity contribution in [2.45, 2.75) is 38.5 Å². The molecule has 0 unspecified atom stereocenters. The Bertz CT molecular complexity index is 2490. The summed E-state index contributed by atoms with van der Waals surface area (Å²) in [4.78, 5) is 2.32. The third-order valence-electron chi connectivity index (χ3n) is 11.2. The molecular weight excluding hydrogens is 615 g/mol. The highest BCUT2D eigenvalue weighted by atomic mass is 15.1. The molecule has 0 spiro atoms. The van der Waals surface area contributed by atoms with Gasteiger partial charge in [-0.15, -0.1) is 0 Å². The zero-order valence-corrected chi connectivity index (χ0v) is 29.7. The lowest BCUT2D eigenvalue weighted by atomic mass is 9.75. The normalized spacial score (nSPS) is 15.2. The van der Waals surface area contributed by atoms with Crippen molar-refractivity contribution >= 4 is 51.1 Å². The first kappa shape index (κ1) is 31.1. The van der Waals surface area contributed by atoms with E-state index in [4.69, 9.17) is 0 Å². The number of allylic oxidation sites excluding steroid dienone is 2. The molecule has 7 aromatic rings. The Morgan fingerprint density at radius 3 is 1.65 bits per heavy atom. The van der Waals surface area contributed by atoms with Gasteiger partial charge in [0.15, 0.2) is 0 Å². The van der Waals surface area contributed by atoms with E-state index in [1.54, 1.807) is 0 Å². The van der Waals surface area contributed by atoms with Gasteiger partial charge in [0.2, 0.25) is 0 Å². The van der Waals surface area contributed by atoms with Gasteiger partial charge in [-0.3, -0.25) is 0 Å². The smallest absolute Gasteiger partial charge is 0.0468 e. The average Bonchev–Trinajstić information content (AvgIpc) is 3.56. The molecule has 1 heteroatoms. The largest absolute Gasteiger partial charge is 0.310 e. The van der Waals surface area contributed by atoms with Crippen LogP contribution in [0, 0.1) is 0 Å². The molecule has 0 atom stereocenters. The molecule has 0 radical (unpaired) electrons. The summed E-state index contributed by atoms with van der Waals surface area (Å²) in [5.74, 6) is 0. The molecule has 0 amide bonds. The van der Waals surface area contributed by atoms with Crippen LogP contribution in [0.25, 0.3) is 45.2 Å². The predicted octanol–water partition coefficient (Wildman–Crippen LogP) is 13.6. The number of hydrogen-bond acceptors (Lipinski definition) is 1. The van der Waals surface area contributed by atoms with Crippen LogP contribution in [0.2, 0.25) is 0 Å². The van der Waals surface area contributed by atoms with Gasteiger partial charge in [0.1, 0.15) is 0 Å². The van der Waals surface area contributed by atoms with Crippen LogP contribution in [0.15, 0.2) is 164 Å². The molecule has 9 rings (SSSR count). The highest BCUT2D eigenvalue weighted by molar-refractivity contribution is 6.09. The van der Waals surface area contributed by atoms with Crippen molar-refractivity contribution in [3.8, 4) is 11.1 Å². The molecule has 2 aliphatic carbocycles. The summed E-state index contributed by atoms with van der Waals surface area (Å²) in [5, 5.41) is 2.48. The summed E-state index contributed by atoms with van der Waals surface area (Å²) in [6.45, 7) is 9.58. The first-order valence-electron chi connectivity index (χ1n) is 18.0. The minimum absolute atomic E-state index is 0.00275. The lowest BCUT2D eigenvalue weighted by Crippen LogP contribution is -2.19. The van der Waals surface area contributed by atoms with Gasteiger partial charge in [0, 0.05) is 27.9 Å². The van der Waals surface area contributed by atoms with Gasteiger partial charge >= 0.3 is 0 Å². The van der Waals surface area contributed by atoms with Crippen molar-refractivity contribution < 1.29 is 0 Å². The molecule has 0 heterocycles. The first-order chi connectivity index (χ1) is 24.8. The molecule has 7 aromatic carbocycles. The SMILES string of the molecule is CC1(C)C2=C(c3ccccc31)C(C)(C)c1cc(-c3ccc(C=Cc4ccc(N(c5ccccc5)c5ccc6ccccc6c5)cc4)cc3)ccc12. The van der Waals surface area contributed by atoms with Crippen molar-refractivity contribution in [2.75, 3.05) is 4.90 Å². The van der Waals surface area contributed by atoms with Crippen molar-refractivity contribution in [3.63, 3.8) is 0 Å². The molecule has 0 bridgehead atoms. The minimum Gasteiger partial charge on any atom is -0.310 e. The monoisotopic (exact) mass is 655 g/mol. The van der Waals surface area contributed by atoms with E-state index in [9.17, 15) is 0 Å². The molecule has 0 fully saturated rings. The minimum atomic E-state index is -0.0453. The summed E-state index contributed by atoms with van der Waals surface area (Å²) in [5.41, 5.74) is 17.0. The maximum atomic E-state index is 2.44. The standard InChI is InChI=1S/C50H41N/c1-49(2)45-17-11-10-16-43(45)47-48(49)44-31-27-39(33-46(44)50(47,3)4)37-24-20-34(21-25-37)18-19-35-22-28-41(29-23-35)51(40-14-6-5-7-15-40)42-30-26-36-12-8-9-13-38(36)32-42/h5-33H,1-4H3. The van der Waals surface area contributed by atoms with Gasteiger partial charge in [-0.2, -0.15) is 0 Å². The first-order valence-corrected chi connectivity index (χ1v) is 18.0. The zero-order chi connectivity index (χ0) is 34.7. The fourth-order valence-electron chi connectivity index (χ4n) is 8.60. The molecule has 0 saturated heterocycles. The van der Waals surface area contributed by atoms with Crippen molar-refractivity contribution in [1.29, 1.82) is 0 Å². The number of para-hydroxylation sites is 1. The third-order valence-corrected chi connectivity index (χ3v) is 11.2. The van der Waals surface area contributed by atoms with Gasteiger partial charge in [-0.1, -0.05) is 161 Å². The summed E-state index contributed by atoms with van der Waals surface area (Å²) >= 11 is 0. The highest BCUT2D eigenvalue weighted by Crippen LogP contribution is 2.62. The lowest BCUT2D eigenvalue weighted by Gasteiger charge is -2.28. The Balaban J connectivity index is 0.954. The van der Waals surface area contributed by atoms with Gasteiger partial charge in [-0.25, -0.2) is 0 Å². The lowest BCUT2D eigenvalue weighted by molar-refractivity contribution is 0.694. The molecular formula is C50H41N. The number of anilines is 3. The molecule has 0 N–H and O–H groups in total. The highest BCUT2D eigenvalue weighted by Gasteiger charge is 2.49. The topological polar surface area (TPSA) is 3.24 Å². The third kappa shape index (κ3) is 5.15. The molecule has 1 nitrogen and oxygen atoms in total. The van der Waals surface area contributed by atoms with Crippen LogP contribution in [-0.2, 0) is 10.8 Å². The summed E-state index contributed by atoms with van der Waals surface area (Å²) in [6, 6.07) is 59.7. The fraction of sp³-hybridized carbons (Fsp3) is 0.120. The van der Waals surface area contributed by atoms with Crippen LogP contribution in [0.1, 0.15) is 61.1 Å². The summed E-state index contributed by atoms with van der Waals surface area (Å²) < 4.78 is 0. The van der Waals surface area contributed by atoms with E-state index >= 15 is 0 Å². The van der Waals surface area contributed by atoms with E-state index in [2.05, 4.69) is 209 Å². The van der Waals surface area contributed by atoms with Crippen LogP contribution in [-0.4, -0.2) is 0 Å². The number of fused-ring (bicyclic) bond motifs is 5. The maximum Gasteiger partial charge on any atom is 0.0468 e. The molecule has 51 heavy (non-hydrogen) atoms. The van der Waals surface area contributed by atoms with Crippen LogP contribution in [0.5, 0.6) is 0 Å². The Morgan fingerprint density at radius 2 is 0.922 bits per heavy atom. The molecule has 0 aliphatic heterocycles. The second-order valence-electron chi connectivity index (χ2n) is 15.1. The van der Waals surface area contributed by atoms with E-state index < -0.39 is 0 Å². The predicted molar refractivity (Wildman–Crippen MR) is 219 cm³/mol. The van der Waals surface area contributed by atoms with E-state index in [0.717, 1.165) is 17.1 Å². The molecule has 246 valence electrons. The molecule has 0 aromatic heterocycles. The maximum absolute atomic E-state index is 2.44. The quantitative estimate of drug-likeness (QED) is 0.161. The summed E-state index contributed by atoms with van der Waals surface area (Å²) in [7, 11) is 0. The number of rotatable bonds is 6. The van der Waals surface area contributed by atoms with Crippen LogP contribution in [0.4, 0.5) is 17.1 Å². The van der Waals surface area contributed by atoms with E-state index in [0.29, 0.717) is 0 Å². The van der Waals surface area contributed by atoms with Gasteiger partial charge in [0.25, 0.3) is 0 Å². The van der Waals surface area contributed by atoms with Gasteiger partial charge in [-0.05, 0) is 109 Å². The van der Waals surface area contributed by atoms with Crippen LogP contribution in [0.3, 0.4) is 0 Å². The fourth-order valence-corrected chi connectivity index (χ4v) is 8.60. The second kappa shape index (κ2) is 11.9.